The lowest BCUT2D eigenvalue weighted by molar-refractivity contribution is -0.134. The molecule has 1 unspecified atom stereocenters. The quantitative estimate of drug-likeness (QED) is 0.468. The van der Waals surface area contributed by atoms with Gasteiger partial charge in [-0.2, -0.15) is 0 Å². The van der Waals surface area contributed by atoms with E-state index in [1.807, 2.05) is 66.7 Å². The SMILES string of the molecule is CC(C)C1/C=C\CN(C(=O)Nc2ccccc2-c2ccccc2)CC(=O)N1Cc1ccc(F)cc1. The van der Waals surface area contributed by atoms with Crippen LogP contribution in [0.2, 0.25) is 0 Å². The predicted octanol–water partition coefficient (Wildman–Crippen LogP) is 5.95. The lowest BCUT2D eigenvalue weighted by Crippen LogP contribution is -2.50. The molecule has 3 aromatic rings. The van der Waals surface area contributed by atoms with Gasteiger partial charge in [0.1, 0.15) is 12.4 Å². The maximum atomic E-state index is 13.4. The molecule has 35 heavy (non-hydrogen) atoms. The Morgan fingerprint density at radius 1 is 1.00 bits per heavy atom. The number of nitrogens with zero attached hydrogens (tertiary/aromatic N) is 2. The summed E-state index contributed by atoms with van der Waals surface area (Å²) in [6.07, 6.45) is 3.93. The van der Waals surface area contributed by atoms with Crippen molar-refractivity contribution in [3.63, 3.8) is 0 Å². The van der Waals surface area contributed by atoms with Crippen LogP contribution in [0.5, 0.6) is 0 Å². The second-order valence-electron chi connectivity index (χ2n) is 9.03. The van der Waals surface area contributed by atoms with Crippen LogP contribution in [-0.4, -0.2) is 40.9 Å². The standard InChI is InChI=1S/C29H30FN3O2/c1-21(2)27-13-8-18-32(20-28(34)33(27)19-22-14-16-24(30)17-15-22)29(35)31-26-12-7-6-11-25(26)23-9-4-3-5-10-23/h3-17,21,27H,18-20H2,1-2H3,(H,31,35)/b13-8-. The Balaban J connectivity index is 1.54. The molecule has 3 amide bonds. The molecule has 0 saturated heterocycles. The molecule has 1 aliphatic rings. The van der Waals surface area contributed by atoms with Gasteiger partial charge in [0.25, 0.3) is 0 Å². The van der Waals surface area contributed by atoms with E-state index in [0.29, 0.717) is 18.8 Å². The number of hydrogen-bond donors (Lipinski definition) is 1. The molecule has 0 aliphatic carbocycles. The Labute approximate surface area is 205 Å². The summed E-state index contributed by atoms with van der Waals surface area (Å²) in [6, 6.07) is 23.2. The Kier molecular flexibility index (Phi) is 7.60. The number of carbonyl (C=O) groups excluding carboxylic acids is 2. The van der Waals surface area contributed by atoms with Crippen LogP contribution >= 0.6 is 0 Å². The topological polar surface area (TPSA) is 52.7 Å². The minimum Gasteiger partial charge on any atom is -0.330 e. The zero-order valence-corrected chi connectivity index (χ0v) is 20.0. The summed E-state index contributed by atoms with van der Waals surface area (Å²) in [5.74, 6) is -0.274. The van der Waals surface area contributed by atoms with Crippen molar-refractivity contribution in [1.82, 2.24) is 9.80 Å². The van der Waals surface area contributed by atoms with E-state index in [1.165, 1.54) is 17.0 Å². The van der Waals surface area contributed by atoms with Gasteiger partial charge >= 0.3 is 6.03 Å². The van der Waals surface area contributed by atoms with Crippen molar-refractivity contribution in [2.75, 3.05) is 18.4 Å². The van der Waals surface area contributed by atoms with Crippen LogP contribution in [0.25, 0.3) is 11.1 Å². The molecule has 180 valence electrons. The fourth-order valence-corrected chi connectivity index (χ4v) is 4.29. The first kappa shape index (κ1) is 24.2. The average molecular weight is 472 g/mol. The van der Waals surface area contributed by atoms with Gasteiger partial charge < -0.3 is 15.1 Å². The Bertz CT molecular complexity index is 1190. The van der Waals surface area contributed by atoms with E-state index in [4.69, 9.17) is 0 Å². The molecule has 1 N–H and O–H groups in total. The molecular formula is C29H30FN3O2. The lowest BCUT2D eigenvalue weighted by atomic mass is 10.00. The largest absolute Gasteiger partial charge is 0.330 e. The number of hydrogen-bond acceptors (Lipinski definition) is 2. The van der Waals surface area contributed by atoms with Crippen molar-refractivity contribution in [3.8, 4) is 11.1 Å². The number of halogens is 1. The Morgan fingerprint density at radius 2 is 1.69 bits per heavy atom. The first-order valence-corrected chi connectivity index (χ1v) is 11.8. The number of anilines is 1. The van der Waals surface area contributed by atoms with Gasteiger partial charge in [0.05, 0.1) is 11.7 Å². The van der Waals surface area contributed by atoms with Crippen LogP contribution < -0.4 is 5.32 Å². The van der Waals surface area contributed by atoms with Crippen molar-refractivity contribution in [2.45, 2.75) is 26.4 Å². The summed E-state index contributed by atoms with van der Waals surface area (Å²) >= 11 is 0. The molecule has 0 bridgehead atoms. The van der Waals surface area contributed by atoms with Crippen molar-refractivity contribution in [1.29, 1.82) is 0 Å². The molecule has 1 atom stereocenters. The van der Waals surface area contributed by atoms with Crippen LogP contribution in [0.15, 0.2) is 91.0 Å². The molecule has 1 heterocycles. The molecule has 6 heteroatoms. The minimum atomic E-state index is -0.337. The third kappa shape index (κ3) is 5.96. The second-order valence-corrected chi connectivity index (χ2v) is 9.03. The third-order valence-corrected chi connectivity index (χ3v) is 6.16. The van der Waals surface area contributed by atoms with E-state index in [1.54, 1.807) is 17.0 Å². The number of rotatable bonds is 5. The molecule has 0 saturated carbocycles. The van der Waals surface area contributed by atoms with E-state index in [0.717, 1.165) is 16.7 Å². The van der Waals surface area contributed by atoms with Crippen LogP contribution in [-0.2, 0) is 11.3 Å². The summed E-state index contributed by atoms with van der Waals surface area (Å²) in [6.45, 7) is 4.75. The molecule has 0 aromatic heterocycles. The normalized spacial score (nSPS) is 17.1. The monoisotopic (exact) mass is 471 g/mol. The van der Waals surface area contributed by atoms with E-state index in [9.17, 15) is 14.0 Å². The zero-order chi connectivity index (χ0) is 24.8. The van der Waals surface area contributed by atoms with Gasteiger partial charge in [-0.25, -0.2) is 9.18 Å². The summed E-state index contributed by atoms with van der Waals surface area (Å²) in [5, 5.41) is 2.99. The van der Waals surface area contributed by atoms with Gasteiger partial charge in [0, 0.05) is 18.7 Å². The average Bonchev–Trinajstić information content (AvgIpc) is 2.85. The first-order valence-electron chi connectivity index (χ1n) is 11.8. The van der Waals surface area contributed by atoms with Crippen LogP contribution in [0.3, 0.4) is 0 Å². The Morgan fingerprint density at radius 3 is 2.40 bits per heavy atom. The van der Waals surface area contributed by atoms with E-state index in [-0.39, 0.29) is 36.3 Å². The molecule has 3 aromatic carbocycles. The van der Waals surface area contributed by atoms with Gasteiger partial charge in [0.15, 0.2) is 0 Å². The van der Waals surface area contributed by atoms with Gasteiger partial charge in [-0.3, -0.25) is 4.79 Å². The highest BCUT2D eigenvalue weighted by molar-refractivity contribution is 5.96. The fourth-order valence-electron chi connectivity index (χ4n) is 4.29. The molecule has 0 radical (unpaired) electrons. The number of carbonyl (C=O) groups is 2. The molecule has 1 aliphatic heterocycles. The van der Waals surface area contributed by atoms with E-state index < -0.39 is 0 Å². The number of urea groups is 1. The van der Waals surface area contributed by atoms with E-state index >= 15 is 0 Å². The molecular weight excluding hydrogens is 441 g/mol. The molecule has 0 fully saturated rings. The fraction of sp³-hybridized carbons (Fsp3) is 0.241. The van der Waals surface area contributed by atoms with Gasteiger partial charge in [-0.1, -0.05) is 86.7 Å². The van der Waals surface area contributed by atoms with Crippen molar-refractivity contribution in [3.05, 3.63) is 102 Å². The molecule has 5 nitrogen and oxygen atoms in total. The predicted molar refractivity (Wildman–Crippen MR) is 137 cm³/mol. The van der Waals surface area contributed by atoms with Crippen LogP contribution in [0.1, 0.15) is 19.4 Å². The zero-order valence-electron chi connectivity index (χ0n) is 20.0. The van der Waals surface area contributed by atoms with Crippen molar-refractivity contribution < 1.29 is 14.0 Å². The summed E-state index contributed by atoms with van der Waals surface area (Å²) in [7, 11) is 0. The third-order valence-electron chi connectivity index (χ3n) is 6.16. The maximum Gasteiger partial charge on any atom is 0.322 e. The first-order chi connectivity index (χ1) is 16.9. The van der Waals surface area contributed by atoms with Gasteiger partial charge in [0.2, 0.25) is 5.91 Å². The van der Waals surface area contributed by atoms with Crippen LogP contribution in [0.4, 0.5) is 14.9 Å². The Hall–Kier alpha value is -3.93. The van der Waals surface area contributed by atoms with Gasteiger partial charge in [-0.05, 0) is 35.2 Å². The highest BCUT2D eigenvalue weighted by Gasteiger charge is 2.29. The van der Waals surface area contributed by atoms with E-state index in [2.05, 4.69) is 19.2 Å². The summed E-state index contributed by atoms with van der Waals surface area (Å²) in [4.78, 5) is 29.9. The van der Waals surface area contributed by atoms with Crippen molar-refractivity contribution >= 4 is 17.6 Å². The van der Waals surface area contributed by atoms with Crippen molar-refractivity contribution in [2.24, 2.45) is 5.92 Å². The second kappa shape index (κ2) is 11.0. The maximum absolute atomic E-state index is 13.4. The van der Waals surface area contributed by atoms with Gasteiger partial charge in [-0.15, -0.1) is 0 Å². The summed E-state index contributed by atoms with van der Waals surface area (Å²) in [5.41, 5.74) is 3.43. The number of amides is 3. The smallest absolute Gasteiger partial charge is 0.322 e. The lowest BCUT2D eigenvalue weighted by Gasteiger charge is -2.36. The minimum absolute atomic E-state index is 0.0475. The number of para-hydroxylation sites is 1. The van der Waals surface area contributed by atoms with Crippen LogP contribution in [0, 0.1) is 11.7 Å². The highest BCUT2D eigenvalue weighted by Crippen LogP contribution is 2.28. The molecule has 0 spiro atoms. The number of nitrogens with one attached hydrogen (secondary N) is 1. The highest BCUT2D eigenvalue weighted by atomic mass is 19.1. The summed E-state index contributed by atoms with van der Waals surface area (Å²) < 4.78 is 13.4. The molecule has 4 rings (SSSR count). The number of benzene rings is 3.